The van der Waals surface area contributed by atoms with Crippen LogP contribution in [0.25, 0.3) is 0 Å². The van der Waals surface area contributed by atoms with Gasteiger partial charge in [-0.1, -0.05) is 42.1 Å². The molecule has 0 atom stereocenters. The summed E-state index contributed by atoms with van der Waals surface area (Å²) in [5, 5.41) is -1.11. The predicted octanol–water partition coefficient (Wildman–Crippen LogP) is 4.76. The molecule has 0 bridgehead atoms. The van der Waals surface area contributed by atoms with Crippen molar-refractivity contribution < 1.29 is 27.4 Å². The van der Waals surface area contributed by atoms with Crippen LogP contribution >= 0.6 is 11.8 Å². The number of hydrogen-bond acceptors (Lipinski definition) is 5. The van der Waals surface area contributed by atoms with Crippen LogP contribution in [0.5, 0.6) is 5.75 Å². The van der Waals surface area contributed by atoms with Gasteiger partial charge in [0, 0.05) is 0 Å². The molecule has 0 saturated heterocycles. The first-order valence-electron chi connectivity index (χ1n) is 7.51. The highest BCUT2D eigenvalue weighted by atomic mass is 32.2. The van der Waals surface area contributed by atoms with Gasteiger partial charge in [-0.05, 0) is 29.8 Å². The first kappa shape index (κ1) is 19.8. The number of carbonyl (C=O) groups excluding carboxylic acids is 1. The zero-order valence-electron chi connectivity index (χ0n) is 13.8. The van der Waals surface area contributed by atoms with Crippen LogP contribution in [0.3, 0.4) is 0 Å². The number of aliphatic imine (C=N–C) groups is 1. The first-order chi connectivity index (χ1) is 12.4. The molecule has 8 heteroatoms. The Morgan fingerprint density at radius 3 is 2.31 bits per heavy atom. The van der Waals surface area contributed by atoms with E-state index >= 15 is 0 Å². The third-order valence-corrected chi connectivity index (χ3v) is 4.09. The topological polar surface area (TPSA) is 47.9 Å². The molecule has 0 unspecified atom stereocenters. The second kappa shape index (κ2) is 9.28. The number of nitrogens with zero attached hydrogens (tertiary/aromatic N) is 1. The van der Waals surface area contributed by atoms with Crippen molar-refractivity contribution >= 4 is 28.5 Å². The molecule has 2 aromatic carbocycles. The monoisotopic (exact) mass is 383 g/mol. The SMILES string of the molecule is COc1ccc(N=C(SCC(=O)OCc2ccccc2)C(F)(F)F)cc1. The van der Waals surface area contributed by atoms with Crippen LogP contribution < -0.4 is 4.74 Å². The number of thioether (sulfide) groups is 1. The Balaban J connectivity index is 1.97. The van der Waals surface area contributed by atoms with E-state index in [0.29, 0.717) is 17.5 Å². The van der Waals surface area contributed by atoms with Gasteiger partial charge in [0.25, 0.3) is 0 Å². The van der Waals surface area contributed by atoms with Crippen LogP contribution in [0.15, 0.2) is 59.6 Å². The zero-order chi connectivity index (χ0) is 19.0. The largest absolute Gasteiger partial charge is 0.497 e. The number of hydrogen-bond donors (Lipinski definition) is 0. The van der Waals surface area contributed by atoms with E-state index in [1.807, 2.05) is 6.07 Å². The quantitative estimate of drug-likeness (QED) is 0.410. The maximum atomic E-state index is 13.1. The predicted molar refractivity (Wildman–Crippen MR) is 94.8 cm³/mol. The van der Waals surface area contributed by atoms with Crippen molar-refractivity contribution in [2.24, 2.45) is 4.99 Å². The number of ether oxygens (including phenoxy) is 2. The van der Waals surface area contributed by atoms with E-state index in [2.05, 4.69) is 4.99 Å². The van der Waals surface area contributed by atoms with Crippen molar-refractivity contribution in [2.75, 3.05) is 12.9 Å². The molecular formula is C18H16F3NO3S. The lowest BCUT2D eigenvalue weighted by Gasteiger charge is -2.10. The van der Waals surface area contributed by atoms with Gasteiger partial charge < -0.3 is 9.47 Å². The molecule has 0 saturated carbocycles. The first-order valence-corrected chi connectivity index (χ1v) is 8.49. The zero-order valence-corrected chi connectivity index (χ0v) is 14.6. The minimum absolute atomic E-state index is 0.0111. The van der Waals surface area contributed by atoms with Crippen molar-refractivity contribution in [3.63, 3.8) is 0 Å². The summed E-state index contributed by atoms with van der Waals surface area (Å²) >= 11 is 0.296. The lowest BCUT2D eigenvalue weighted by Crippen LogP contribution is -2.21. The Bertz CT molecular complexity index is 747. The van der Waals surface area contributed by atoms with Crippen LogP contribution in [-0.4, -0.2) is 30.1 Å². The average molecular weight is 383 g/mol. The van der Waals surface area contributed by atoms with Gasteiger partial charge in [0.2, 0.25) is 0 Å². The maximum absolute atomic E-state index is 13.1. The molecular weight excluding hydrogens is 367 g/mol. The number of rotatable bonds is 6. The van der Waals surface area contributed by atoms with Crippen LogP contribution in [0.1, 0.15) is 5.56 Å². The number of halogens is 3. The van der Waals surface area contributed by atoms with Crippen molar-refractivity contribution in [1.82, 2.24) is 0 Å². The van der Waals surface area contributed by atoms with E-state index in [1.54, 1.807) is 24.3 Å². The summed E-state index contributed by atoms with van der Waals surface area (Å²) in [6, 6.07) is 14.7. The fraction of sp³-hybridized carbons (Fsp3) is 0.222. The summed E-state index contributed by atoms with van der Waals surface area (Å²) < 4.78 is 49.3. The van der Waals surface area contributed by atoms with E-state index in [0.717, 1.165) is 5.56 Å². The second-order valence-electron chi connectivity index (χ2n) is 5.05. The van der Waals surface area contributed by atoms with E-state index in [-0.39, 0.29) is 12.3 Å². The van der Waals surface area contributed by atoms with Gasteiger partial charge >= 0.3 is 12.1 Å². The molecule has 0 fully saturated rings. The van der Waals surface area contributed by atoms with Crippen LogP contribution in [0.4, 0.5) is 18.9 Å². The minimum Gasteiger partial charge on any atom is -0.497 e. The van der Waals surface area contributed by atoms with Gasteiger partial charge in [-0.25, -0.2) is 4.99 Å². The molecule has 0 aliphatic carbocycles. The highest BCUT2D eigenvalue weighted by Crippen LogP contribution is 2.29. The fourth-order valence-electron chi connectivity index (χ4n) is 1.86. The van der Waals surface area contributed by atoms with Crippen LogP contribution in [0.2, 0.25) is 0 Å². The molecule has 0 aliphatic heterocycles. The molecule has 0 aromatic heterocycles. The summed E-state index contributed by atoms with van der Waals surface area (Å²) in [4.78, 5) is 15.3. The molecule has 0 amide bonds. The highest BCUT2D eigenvalue weighted by Gasteiger charge is 2.36. The summed E-state index contributed by atoms with van der Waals surface area (Å²) in [7, 11) is 1.45. The van der Waals surface area contributed by atoms with Crippen LogP contribution in [-0.2, 0) is 16.1 Å². The maximum Gasteiger partial charge on any atom is 0.439 e. The van der Waals surface area contributed by atoms with Gasteiger partial charge in [-0.3, -0.25) is 4.79 Å². The highest BCUT2D eigenvalue weighted by molar-refractivity contribution is 8.14. The molecule has 2 aromatic rings. The Morgan fingerprint density at radius 1 is 1.08 bits per heavy atom. The van der Waals surface area contributed by atoms with E-state index in [4.69, 9.17) is 9.47 Å². The molecule has 26 heavy (non-hydrogen) atoms. The van der Waals surface area contributed by atoms with Crippen molar-refractivity contribution in [3.8, 4) is 5.75 Å². The Kier molecular flexibility index (Phi) is 7.08. The average Bonchev–Trinajstić information content (AvgIpc) is 2.63. The second-order valence-corrected chi connectivity index (χ2v) is 6.01. The van der Waals surface area contributed by atoms with E-state index in [9.17, 15) is 18.0 Å². The van der Waals surface area contributed by atoms with Gasteiger partial charge in [-0.2, -0.15) is 13.2 Å². The Morgan fingerprint density at radius 2 is 1.73 bits per heavy atom. The molecule has 0 aliphatic rings. The van der Waals surface area contributed by atoms with Gasteiger partial charge in [0.15, 0.2) is 5.04 Å². The molecule has 0 radical (unpaired) electrons. The number of methoxy groups -OCH3 is 1. The van der Waals surface area contributed by atoms with Crippen molar-refractivity contribution in [2.45, 2.75) is 12.8 Å². The lowest BCUT2D eigenvalue weighted by molar-refractivity contribution is -0.141. The molecule has 0 spiro atoms. The summed E-state index contributed by atoms with van der Waals surface area (Å²) in [5.41, 5.74) is 0.872. The molecule has 4 nitrogen and oxygen atoms in total. The number of alkyl halides is 3. The smallest absolute Gasteiger partial charge is 0.439 e. The van der Waals surface area contributed by atoms with Crippen molar-refractivity contribution in [1.29, 1.82) is 0 Å². The van der Waals surface area contributed by atoms with Gasteiger partial charge in [-0.15, -0.1) is 0 Å². The van der Waals surface area contributed by atoms with Gasteiger partial charge in [0.1, 0.15) is 12.4 Å². The summed E-state index contributed by atoms with van der Waals surface area (Å²) in [6.45, 7) is 0.0111. The summed E-state index contributed by atoms with van der Waals surface area (Å²) in [6.07, 6.45) is -4.66. The van der Waals surface area contributed by atoms with Crippen molar-refractivity contribution in [3.05, 3.63) is 60.2 Å². The fourth-order valence-corrected chi connectivity index (χ4v) is 2.53. The van der Waals surface area contributed by atoms with E-state index < -0.39 is 22.9 Å². The lowest BCUT2D eigenvalue weighted by atomic mass is 10.2. The van der Waals surface area contributed by atoms with Crippen LogP contribution in [0, 0.1) is 0 Å². The number of carbonyl (C=O) groups is 1. The Labute approximate surface area is 153 Å². The molecule has 138 valence electrons. The number of esters is 1. The Hall–Kier alpha value is -2.48. The number of benzene rings is 2. The normalized spacial score (nSPS) is 11.9. The molecule has 0 heterocycles. The van der Waals surface area contributed by atoms with Gasteiger partial charge in [0.05, 0.1) is 18.6 Å². The summed E-state index contributed by atoms with van der Waals surface area (Å²) in [5.74, 6) is -0.721. The minimum atomic E-state index is -4.66. The third-order valence-electron chi connectivity index (χ3n) is 3.11. The standard InChI is InChI=1S/C18H16F3NO3S/c1-24-15-9-7-14(8-10-15)22-17(18(19,20)21)26-12-16(23)25-11-13-5-3-2-4-6-13/h2-10H,11-12H2,1H3. The molecule has 2 rings (SSSR count). The van der Waals surface area contributed by atoms with E-state index in [1.165, 1.54) is 31.4 Å². The molecule has 0 N–H and O–H groups in total. The third kappa shape index (κ3) is 6.44.